The van der Waals surface area contributed by atoms with Gasteiger partial charge in [0, 0.05) is 6.07 Å². The van der Waals surface area contributed by atoms with Crippen LogP contribution in [0.2, 0.25) is 0 Å². The first-order valence-corrected chi connectivity index (χ1v) is 9.89. The minimum atomic E-state index is -4.36. The van der Waals surface area contributed by atoms with E-state index in [4.69, 9.17) is 0 Å². The fraction of sp³-hybridized carbons (Fsp3) is 0.0500. The summed E-state index contributed by atoms with van der Waals surface area (Å²) in [5.41, 5.74) is -0.393. The first-order valence-electron chi connectivity index (χ1n) is 8.45. The van der Waals surface area contributed by atoms with Gasteiger partial charge in [-0.25, -0.2) is 26.0 Å². The molecule has 3 aromatic rings. The Morgan fingerprint density at radius 1 is 0.800 bits per heavy atom. The number of hydrogen-bond donors (Lipinski definition) is 1. The highest BCUT2D eigenvalue weighted by Crippen LogP contribution is 2.24. The highest BCUT2D eigenvalue weighted by Gasteiger charge is 2.27. The van der Waals surface area contributed by atoms with Crippen LogP contribution in [0.3, 0.4) is 0 Å². The third-order valence-electron chi connectivity index (χ3n) is 4.01. The van der Waals surface area contributed by atoms with Crippen LogP contribution in [0.4, 0.5) is 28.9 Å². The molecule has 30 heavy (non-hydrogen) atoms. The minimum absolute atomic E-state index is 0.0459. The van der Waals surface area contributed by atoms with Crippen molar-refractivity contribution in [2.24, 2.45) is 0 Å². The number of benzene rings is 3. The van der Waals surface area contributed by atoms with Gasteiger partial charge in [0.25, 0.3) is 10.0 Å². The summed E-state index contributed by atoms with van der Waals surface area (Å²) < 4.78 is 80.0. The van der Waals surface area contributed by atoms with E-state index in [2.05, 4.69) is 5.32 Å². The average Bonchev–Trinajstić information content (AvgIpc) is 2.69. The summed E-state index contributed by atoms with van der Waals surface area (Å²) in [7, 11) is -4.36. The lowest BCUT2D eigenvalue weighted by molar-refractivity contribution is -0.114. The number of carbonyl (C=O) groups is 1. The van der Waals surface area contributed by atoms with E-state index in [9.17, 15) is 30.8 Å². The first kappa shape index (κ1) is 21.3. The zero-order valence-electron chi connectivity index (χ0n) is 15.2. The Hall–Kier alpha value is -3.40. The summed E-state index contributed by atoms with van der Waals surface area (Å²) in [5.74, 6) is -4.12. The maximum atomic E-state index is 13.8. The fourth-order valence-electron chi connectivity index (χ4n) is 2.57. The van der Waals surface area contributed by atoms with Crippen molar-refractivity contribution in [2.45, 2.75) is 4.90 Å². The van der Waals surface area contributed by atoms with Gasteiger partial charge in [-0.1, -0.05) is 0 Å². The van der Waals surface area contributed by atoms with Crippen molar-refractivity contribution < 1.29 is 30.8 Å². The van der Waals surface area contributed by atoms with E-state index in [1.54, 1.807) is 0 Å². The number of amides is 1. The lowest BCUT2D eigenvalue weighted by Gasteiger charge is -2.24. The van der Waals surface area contributed by atoms with Gasteiger partial charge in [-0.05, 0) is 60.7 Å². The molecule has 0 heterocycles. The van der Waals surface area contributed by atoms with Crippen LogP contribution in [0.5, 0.6) is 0 Å². The predicted octanol–water partition coefficient (Wildman–Crippen LogP) is 4.08. The zero-order chi connectivity index (χ0) is 21.9. The van der Waals surface area contributed by atoms with Gasteiger partial charge in [0.05, 0.1) is 16.3 Å². The Kier molecular flexibility index (Phi) is 6.06. The number of hydrogen-bond acceptors (Lipinski definition) is 3. The third-order valence-corrected chi connectivity index (χ3v) is 5.80. The SMILES string of the molecule is O=C(CN(c1ccc(F)cc1)S(=O)(=O)c1ccc(F)cc1)Nc1ccc(F)cc1F. The van der Waals surface area contributed by atoms with Crippen LogP contribution in [0.15, 0.2) is 71.6 Å². The molecule has 0 aromatic heterocycles. The number of anilines is 2. The summed E-state index contributed by atoms with van der Waals surface area (Å²) in [6.07, 6.45) is 0. The van der Waals surface area contributed by atoms with Crippen molar-refractivity contribution in [3.8, 4) is 0 Å². The molecule has 0 spiro atoms. The van der Waals surface area contributed by atoms with Gasteiger partial charge < -0.3 is 5.32 Å². The molecule has 0 atom stereocenters. The molecule has 1 N–H and O–H groups in total. The second kappa shape index (κ2) is 8.54. The van der Waals surface area contributed by atoms with Gasteiger partial charge in [-0.2, -0.15) is 0 Å². The van der Waals surface area contributed by atoms with E-state index < -0.39 is 45.7 Å². The Balaban J connectivity index is 1.94. The van der Waals surface area contributed by atoms with Crippen LogP contribution in [-0.2, 0) is 14.8 Å². The van der Waals surface area contributed by atoms with Gasteiger partial charge >= 0.3 is 0 Å². The maximum Gasteiger partial charge on any atom is 0.264 e. The van der Waals surface area contributed by atoms with Crippen molar-refractivity contribution >= 4 is 27.3 Å². The standard InChI is InChI=1S/C20H14F4N2O3S/c21-13-1-6-16(7-2-13)26(30(28,29)17-8-3-14(22)4-9-17)12-20(27)25-19-10-5-15(23)11-18(19)24/h1-11H,12H2,(H,25,27). The van der Waals surface area contributed by atoms with E-state index >= 15 is 0 Å². The molecule has 0 bridgehead atoms. The second-order valence-corrected chi connectivity index (χ2v) is 7.98. The monoisotopic (exact) mass is 438 g/mol. The van der Waals surface area contributed by atoms with Crippen LogP contribution in [0.1, 0.15) is 0 Å². The number of nitrogens with zero attached hydrogens (tertiary/aromatic N) is 1. The molecule has 5 nitrogen and oxygen atoms in total. The van der Waals surface area contributed by atoms with Crippen LogP contribution in [0.25, 0.3) is 0 Å². The summed E-state index contributed by atoms with van der Waals surface area (Å²) in [6, 6.07) is 10.6. The molecule has 0 saturated carbocycles. The van der Waals surface area contributed by atoms with Gasteiger partial charge in [0.15, 0.2) is 0 Å². The quantitative estimate of drug-likeness (QED) is 0.590. The topological polar surface area (TPSA) is 66.5 Å². The van der Waals surface area contributed by atoms with Crippen molar-refractivity contribution in [1.29, 1.82) is 0 Å². The number of sulfonamides is 1. The fourth-order valence-corrected chi connectivity index (χ4v) is 3.99. The average molecular weight is 438 g/mol. The Bertz CT molecular complexity index is 1170. The summed E-state index contributed by atoms with van der Waals surface area (Å²) in [4.78, 5) is 12.1. The first-order chi connectivity index (χ1) is 14.2. The second-order valence-electron chi connectivity index (χ2n) is 6.11. The molecule has 3 aromatic carbocycles. The van der Waals surface area contributed by atoms with Crippen LogP contribution >= 0.6 is 0 Å². The molecule has 3 rings (SSSR count). The lowest BCUT2D eigenvalue weighted by Crippen LogP contribution is -2.38. The molecule has 0 radical (unpaired) electrons. The highest BCUT2D eigenvalue weighted by atomic mass is 32.2. The number of halogens is 4. The molecular weight excluding hydrogens is 424 g/mol. The van der Waals surface area contributed by atoms with E-state index in [1.165, 1.54) is 0 Å². The van der Waals surface area contributed by atoms with E-state index in [1.807, 2.05) is 0 Å². The van der Waals surface area contributed by atoms with Gasteiger partial charge in [0.1, 0.15) is 29.8 Å². The van der Waals surface area contributed by atoms with Crippen molar-refractivity contribution in [1.82, 2.24) is 0 Å². The molecule has 0 saturated heterocycles. The normalized spacial score (nSPS) is 11.2. The third kappa shape index (κ3) is 4.77. The van der Waals surface area contributed by atoms with Crippen molar-refractivity contribution in [2.75, 3.05) is 16.2 Å². The molecule has 0 unspecified atom stereocenters. The summed E-state index contributed by atoms with van der Waals surface area (Å²) >= 11 is 0. The molecule has 1 amide bonds. The van der Waals surface area contributed by atoms with E-state index in [0.717, 1.165) is 60.7 Å². The predicted molar refractivity (Wildman–Crippen MR) is 102 cm³/mol. The van der Waals surface area contributed by atoms with Crippen molar-refractivity contribution in [3.05, 3.63) is 90.0 Å². The zero-order valence-corrected chi connectivity index (χ0v) is 16.0. The minimum Gasteiger partial charge on any atom is -0.322 e. The molecular formula is C20H14F4N2O3S. The van der Waals surface area contributed by atoms with Crippen molar-refractivity contribution in [3.63, 3.8) is 0 Å². The summed E-state index contributed by atoms with van der Waals surface area (Å²) in [5, 5.41) is 2.16. The smallest absolute Gasteiger partial charge is 0.264 e. The molecule has 0 aliphatic carbocycles. The lowest BCUT2D eigenvalue weighted by atomic mass is 10.3. The largest absolute Gasteiger partial charge is 0.322 e. The van der Waals surface area contributed by atoms with Gasteiger partial charge in [-0.15, -0.1) is 0 Å². The molecule has 0 aliphatic rings. The Morgan fingerprint density at radius 3 is 1.90 bits per heavy atom. The molecule has 0 aliphatic heterocycles. The molecule has 156 valence electrons. The van der Waals surface area contributed by atoms with Crippen LogP contribution in [0, 0.1) is 23.3 Å². The number of nitrogens with one attached hydrogen (secondary N) is 1. The van der Waals surface area contributed by atoms with Crippen LogP contribution in [-0.4, -0.2) is 20.9 Å². The van der Waals surface area contributed by atoms with Gasteiger partial charge in [0.2, 0.25) is 5.91 Å². The summed E-state index contributed by atoms with van der Waals surface area (Å²) in [6.45, 7) is -0.803. The van der Waals surface area contributed by atoms with Crippen LogP contribution < -0.4 is 9.62 Å². The molecule has 0 fully saturated rings. The highest BCUT2D eigenvalue weighted by molar-refractivity contribution is 7.92. The van der Waals surface area contributed by atoms with E-state index in [-0.39, 0.29) is 16.3 Å². The Labute approximate surface area is 169 Å². The Morgan fingerprint density at radius 2 is 1.33 bits per heavy atom. The van der Waals surface area contributed by atoms with Gasteiger partial charge in [-0.3, -0.25) is 9.10 Å². The van der Waals surface area contributed by atoms with E-state index in [0.29, 0.717) is 10.4 Å². The molecule has 10 heteroatoms. The number of carbonyl (C=O) groups excluding carboxylic acids is 1. The number of rotatable bonds is 6. The maximum absolute atomic E-state index is 13.8.